The fraction of sp³-hybridized carbons (Fsp3) is 0.800. The van der Waals surface area contributed by atoms with Crippen molar-refractivity contribution in [1.29, 1.82) is 0 Å². The fourth-order valence-electron chi connectivity index (χ4n) is 1.26. The number of hydrogen-bond donors (Lipinski definition) is 2. The van der Waals surface area contributed by atoms with E-state index in [-0.39, 0.29) is 62.2 Å². The van der Waals surface area contributed by atoms with Gasteiger partial charge in [-0.2, -0.15) is 0 Å². The number of carboxylic acids is 2. The maximum absolute atomic E-state index is 10.1. The summed E-state index contributed by atoms with van der Waals surface area (Å²) in [5.41, 5.74) is 0. The van der Waals surface area contributed by atoms with Crippen molar-refractivity contribution in [3.63, 3.8) is 0 Å². The molecule has 2 N–H and O–H groups in total. The first kappa shape index (κ1) is 17.9. The van der Waals surface area contributed by atoms with Crippen LogP contribution in [0.25, 0.3) is 0 Å². The molecular weight excluding hydrogens is 336 g/mol. The molecular formula is C10H18EuO4. The number of aliphatic carboxylic acids is 2. The van der Waals surface area contributed by atoms with E-state index >= 15 is 0 Å². The Morgan fingerprint density at radius 2 is 0.933 bits per heavy atom. The first-order valence-electron chi connectivity index (χ1n) is 5.06. The number of carboxylic acid groups (broad SMARTS) is 2. The minimum absolute atomic E-state index is 0. The van der Waals surface area contributed by atoms with Gasteiger partial charge in [0.25, 0.3) is 0 Å². The van der Waals surface area contributed by atoms with Crippen LogP contribution in [-0.4, -0.2) is 22.2 Å². The van der Waals surface area contributed by atoms with Crippen molar-refractivity contribution in [2.24, 2.45) is 0 Å². The molecule has 0 saturated heterocycles. The quantitative estimate of drug-likeness (QED) is 0.623. The summed E-state index contributed by atoms with van der Waals surface area (Å²) in [6.45, 7) is 0. The molecule has 0 aliphatic carbocycles. The Morgan fingerprint density at radius 3 is 1.20 bits per heavy atom. The molecule has 0 aliphatic rings. The van der Waals surface area contributed by atoms with Crippen LogP contribution in [0.15, 0.2) is 0 Å². The fourth-order valence-corrected chi connectivity index (χ4v) is 1.26. The van der Waals surface area contributed by atoms with Crippen LogP contribution in [-0.2, 0) is 9.59 Å². The first-order valence-corrected chi connectivity index (χ1v) is 5.06. The third-order valence-corrected chi connectivity index (χ3v) is 2.03. The molecule has 1 radical (unpaired) electrons. The Labute approximate surface area is 131 Å². The van der Waals surface area contributed by atoms with E-state index in [1.54, 1.807) is 0 Å². The average Bonchev–Trinajstić information content (AvgIpc) is 2.08. The van der Waals surface area contributed by atoms with Crippen LogP contribution in [0.1, 0.15) is 51.4 Å². The van der Waals surface area contributed by atoms with Gasteiger partial charge in [0.1, 0.15) is 0 Å². The third-order valence-electron chi connectivity index (χ3n) is 2.03. The maximum Gasteiger partial charge on any atom is 0.303 e. The molecule has 0 atom stereocenters. The Balaban J connectivity index is 0. The molecule has 0 bridgehead atoms. The topological polar surface area (TPSA) is 74.6 Å². The first-order chi connectivity index (χ1) is 6.63. The molecule has 5 heteroatoms. The van der Waals surface area contributed by atoms with Gasteiger partial charge < -0.3 is 10.2 Å². The van der Waals surface area contributed by atoms with Gasteiger partial charge in [-0.25, -0.2) is 0 Å². The van der Waals surface area contributed by atoms with Crippen molar-refractivity contribution in [2.75, 3.05) is 0 Å². The summed E-state index contributed by atoms with van der Waals surface area (Å²) in [7, 11) is 0. The van der Waals surface area contributed by atoms with Gasteiger partial charge >= 0.3 is 11.9 Å². The van der Waals surface area contributed by atoms with Gasteiger partial charge in [-0.3, -0.25) is 9.59 Å². The van der Waals surface area contributed by atoms with Crippen molar-refractivity contribution in [2.45, 2.75) is 51.4 Å². The van der Waals surface area contributed by atoms with Crippen LogP contribution < -0.4 is 0 Å². The molecule has 0 aromatic rings. The summed E-state index contributed by atoms with van der Waals surface area (Å²) in [5, 5.41) is 16.7. The average molecular weight is 354 g/mol. The van der Waals surface area contributed by atoms with Crippen molar-refractivity contribution < 1.29 is 69.2 Å². The smallest absolute Gasteiger partial charge is 0.303 e. The minimum Gasteiger partial charge on any atom is -0.481 e. The summed E-state index contributed by atoms with van der Waals surface area (Å²) >= 11 is 0. The zero-order valence-electron chi connectivity index (χ0n) is 8.75. The van der Waals surface area contributed by atoms with E-state index < -0.39 is 11.9 Å². The zero-order valence-corrected chi connectivity index (χ0v) is 11.2. The van der Waals surface area contributed by atoms with Gasteiger partial charge in [-0.1, -0.05) is 25.7 Å². The molecule has 0 heterocycles. The summed E-state index contributed by atoms with van der Waals surface area (Å²) in [6.07, 6.45) is 5.82. The van der Waals surface area contributed by atoms with E-state index in [0.29, 0.717) is 0 Å². The molecule has 0 spiro atoms. The molecule has 0 aromatic carbocycles. The van der Waals surface area contributed by atoms with Crippen molar-refractivity contribution in [3.8, 4) is 0 Å². The second-order valence-electron chi connectivity index (χ2n) is 3.41. The molecule has 0 unspecified atom stereocenters. The Morgan fingerprint density at radius 1 is 0.667 bits per heavy atom. The molecule has 0 saturated carbocycles. The summed E-state index contributed by atoms with van der Waals surface area (Å²) in [4.78, 5) is 20.3. The summed E-state index contributed by atoms with van der Waals surface area (Å²) in [5.74, 6) is -1.48. The number of hydrogen-bond acceptors (Lipinski definition) is 2. The number of rotatable bonds is 9. The van der Waals surface area contributed by atoms with Crippen LogP contribution in [0.5, 0.6) is 0 Å². The molecule has 0 fully saturated rings. The standard InChI is InChI=1S/C10H18O4.Eu/c11-9(12)7-5-3-1-2-4-6-8-10(13)14;/h1-8H2,(H,11,12)(H,13,14);. The van der Waals surface area contributed by atoms with Crippen LogP contribution in [0, 0.1) is 49.4 Å². The van der Waals surface area contributed by atoms with Gasteiger partial charge in [-0.05, 0) is 12.8 Å². The van der Waals surface area contributed by atoms with Crippen molar-refractivity contribution >= 4 is 11.9 Å². The Bertz CT molecular complexity index is 162. The van der Waals surface area contributed by atoms with Crippen molar-refractivity contribution in [1.82, 2.24) is 0 Å². The van der Waals surface area contributed by atoms with Crippen molar-refractivity contribution in [3.05, 3.63) is 0 Å². The van der Waals surface area contributed by atoms with Crippen LogP contribution in [0.4, 0.5) is 0 Å². The van der Waals surface area contributed by atoms with Crippen LogP contribution >= 0.6 is 0 Å². The van der Waals surface area contributed by atoms with Crippen LogP contribution in [0.2, 0.25) is 0 Å². The molecule has 0 rings (SSSR count). The minimum atomic E-state index is -0.740. The van der Waals surface area contributed by atoms with E-state index in [2.05, 4.69) is 0 Å². The van der Waals surface area contributed by atoms with Gasteiger partial charge in [0.2, 0.25) is 0 Å². The Hall–Kier alpha value is 0.524. The Kier molecular flexibility index (Phi) is 15.0. The second-order valence-corrected chi connectivity index (χ2v) is 3.41. The van der Waals surface area contributed by atoms with Gasteiger partial charge in [0.05, 0.1) is 0 Å². The monoisotopic (exact) mass is 355 g/mol. The van der Waals surface area contributed by atoms with Gasteiger partial charge in [0, 0.05) is 62.2 Å². The molecule has 89 valence electrons. The van der Waals surface area contributed by atoms with Crippen LogP contribution in [0.3, 0.4) is 0 Å². The van der Waals surface area contributed by atoms with E-state index in [1.807, 2.05) is 0 Å². The van der Waals surface area contributed by atoms with Gasteiger partial charge in [-0.15, -0.1) is 0 Å². The molecule has 0 amide bonds. The number of unbranched alkanes of at least 4 members (excludes halogenated alkanes) is 5. The molecule has 0 aliphatic heterocycles. The second kappa shape index (κ2) is 12.6. The maximum atomic E-state index is 10.1. The normalized spacial score (nSPS) is 9.33. The number of carbonyl (C=O) groups is 2. The van der Waals surface area contributed by atoms with E-state index in [4.69, 9.17) is 10.2 Å². The third kappa shape index (κ3) is 17.2. The molecule has 15 heavy (non-hydrogen) atoms. The summed E-state index contributed by atoms with van der Waals surface area (Å²) < 4.78 is 0. The largest absolute Gasteiger partial charge is 0.481 e. The predicted molar refractivity (Wildman–Crippen MR) is 52.2 cm³/mol. The predicted octanol–water partition coefficient (Wildman–Crippen LogP) is 2.28. The summed E-state index contributed by atoms with van der Waals surface area (Å²) in [6, 6.07) is 0. The van der Waals surface area contributed by atoms with E-state index in [9.17, 15) is 9.59 Å². The molecule has 4 nitrogen and oxygen atoms in total. The van der Waals surface area contributed by atoms with Gasteiger partial charge in [0.15, 0.2) is 0 Å². The van der Waals surface area contributed by atoms with E-state index in [1.165, 1.54) is 0 Å². The zero-order chi connectivity index (χ0) is 10.8. The SMILES string of the molecule is O=C(O)CCCCCCCCC(=O)O.[Eu]. The van der Waals surface area contributed by atoms with E-state index in [0.717, 1.165) is 38.5 Å². The molecule has 0 aromatic heterocycles.